The molecular formula is C14H22ClN3O2S. The van der Waals surface area contributed by atoms with Gasteiger partial charge < -0.3 is 5.32 Å². The van der Waals surface area contributed by atoms with Crippen LogP contribution in [-0.4, -0.2) is 36.8 Å². The van der Waals surface area contributed by atoms with Crippen molar-refractivity contribution in [2.75, 3.05) is 18.4 Å². The van der Waals surface area contributed by atoms with E-state index in [-0.39, 0.29) is 10.9 Å². The third kappa shape index (κ3) is 3.49. The summed E-state index contributed by atoms with van der Waals surface area (Å²) >= 11 is 6.10. The average molecular weight is 332 g/mol. The van der Waals surface area contributed by atoms with Crippen LogP contribution in [0.1, 0.15) is 33.6 Å². The zero-order valence-corrected chi connectivity index (χ0v) is 14.2. The van der Waals surface area contributed by atoms with Gasteiger partial charge in [0.05, 0.1) is 5.02 Å². The van der Waals surface area contributed by atoms with Gasteiger partial charge in [0.2, 0.25) is 10.0 Å². The molecule has 118 valence electrons. The molecule has 2 heterocycles. The summed E-state index contributed by atoms with van der Waals surface area (Å²) in [6, 6.07) is 1.48. The maximum atomic E-state index is 12.7. The second-order valence-electron chi connectivity index (χ2n) is 5.63. The molecule has 0 aliphatic carbocycles. The van der Waals surface area contributed by atoms with Gasteiger partial charge in [-0.1, -0.05) is 18.5 Å². The van der Waals surface area contributed by atoms with Crippen molar-refractivity contribution in [1.29, 1.82) is 0 Å². The molecule has 1 fully saturated rings. The van der Waals surface area contributed by atoms with Crippen LogP contribution in [0.5, 0.6) is 0 Å². The van der Waals surface area contributed by atoms with Crippen molar-refractivity contribution in [3.8, 4) is 0 Å². The van der Waals surface area contributed by atoms with Crippen LogP contribution < -0.4 is 5.32 Å². The second kappa shape index (κ2) is 6.50. The van der Waals surface area contributed by atoms with Crippen molar-refractivity contribution < 1.29 is 8.42 Å². The van der Waals surface area contributed by atoms with Gasteiger partial charge in [0.25, 0.3) is 0 Å². The summed E-state index contributed by atoms with van der Waals surface area (Å²) in [5.74, 6) is 1.07. The largest absolute Gasteiger partial charge is 0.369 e. The Morgan fingerprint density at radius 2 is 2.19 bits per heavy atom. The fourth-order valence-corrected chi connectivity index (χ4v) is 4.66. The molecular weight excluding hydrogens is 310 g/mol. The summed E-state index contributed by atoms with van der Waals surface area (Å²) in [7, 11) is -3.53. The Morgan fingerprint density at radius 3 is 2.76 bits per heavy atom. The highest BCUT2D eigenvalue weighted by Gasteiger charge is 2.33. The third-order valence-corrected chi connectivity index (χ3v) is 6.11. The SMILES string of the molecule is CCNc1ncc(S(=O)(=O)N2CCC(C)CC2C)cc1Cl. The number of sulfonamides is 1. The zero-order chi connectivity index (χ0) is 15.6. The first-order valence-corrected chi connectivity index (χ1v) is 9.09. The fraction of sp³-hybridized carbons (Fsp3) is 0.643. The van der Waals surface area contributed by atoms with E-state index in [4.69, 9.17) is 11.6 Å². The Morgan fingerprint density at radius 1 is 1.48 bits per heavy atom. The van der Waals surface area contributed by atoms with Crippen molar-refractivity contribution >= 4 is 27.4 Å². The van der Waals surface area contributed by atoms with Crippen molar-refractivity contribution in [1.82, 2.24) is 9.29 Å². The van der Waals surface area contributed by atoms with Crippen molar-refractivity contribution in [2.45, 2.75) is 44.6 Å². The molecule has 1 aliphatic rings. The molecule has 1 aromatic rings. The molecule has 2 rings (SSSR count). The van der Waals surface area contributed by atoms with Crippen molar-refractivity contribution in [2.24, 2.45) is 5.92 Å². The minimum absolute atomic E-state index is 0.00553. The van der Waals surface area contributed by atoms with Crippen molar-refractivity contribution in [3.63, 3.8) is 0 Å². The van der Waals surface area contributed by atoms with E-state index in [1.54, 1.807) is 4.31 Å². The van der Waals surface area contributed by atoms with Crippen LogP contribution in [0.15, 0.2) is 17.2 Å². The first-order valence-electron chi connectivity index (χ1n) is 7.27. The molecule has 21 heavy (non-hydrogen) atoms. The molecule has 0 saturated carbocycles. The number of nitrogens with zero attached hydrogens (tertiary/aromatic N) is 2. The number of hydrogen-bond donors (Lipinski definition) is 1. The van der Waals surface area contributed by atoms with Crippen LogP contribution in [0, 0.1) is 5.92 Å². The van der Waals surface area contributed by atoms with Gasteiger partial charge in [0.15, 0.2) is 0 Å². The first-order chi connectivity index (χ1) is 9.86. The lowest BCUT2D eigenvalue weighted by atomic mass is 9.95. The monoisotopic (exact) mass is 331 g/mol. The van der Waals surface area contributed by atoms with E-state index in [0.29, 0.717) is 29.8 Å². The predicted molar refractivity (Wildman–Crippen MR) is 85.2 cm³/mol. The summed E-state index contributed by atoms with van der Waals surface area (Å²) in [5, 5.41) is 3.33. The lowest BCUT2D eigenvalue weighted by Gasteiger charge is -2.35. The minimum Gasteiger partial charge on any atom is -0.369 e. The van der Waals surface area contributed by atoms with Gasteiger partial charge in [0, 0.05) is 25.3 Å². The van der Waals surface area contributed by atoms with Crippen LogP contribution in [-0.2, 0) is 10.0 Å². The molecule has 5 nitrogen and oxygen atoms in total. The Hall–Kier alpha value is -0.850. The van der Waals surface area contributed by atoms with E-state index >= 15 is 0 Å². The Bertz CT molecular complexity index is 606. The van der Waals surface area contributed by atoms with E-state index in [1.807, 2.05) is 13.8 Å². The van der Waals surface area contributed by atoms with Gasteiger partial charge in [-0.2, -0.15) is 4.31 Å². The lowest BCUT2D eigenvalue weighted by Crippen LogP contribution is -2.44. The van der Waals surface area contributed by atoms with Gasteiger partial charge in [-0.3, -0.25) is 0 Å². The van der Waals surface area contributed by atoms with Crippen LogP contribution in [0.3, 0.4) is 0 Å². The Labute approximate surface area is 131 Å². The van der Waals surface area contributed by atoms with Crippen molar-refractivity contribution in [3.05, 3.63) is 17.3 Å². The van der Waals surface area contributed by atoms with Crippen LogP contribution >= 0.6 is 11.6 Å². The van der Waals surface area contributed by atoms with E-state index in [2.05, 4.69) is 17.2 Å². The molecule has 2 atom stereocenters. The topological polar surface area (TPSA) is 62.3 Å². The Balaban J connectivity index is 2.29. The standard InChI is InChI=1S/C14H22ClN3O2S/c1-4-16-14-13(15)8-12(9-17-14)21(19,20)18-6-5-10(2)7-11(18)3/h8-11H,4-7H2,1-3H3,(H,16,17). The molecule has 1 N–H and O–H groups in total. The molecule has 0 radical (unpaired) electrons. The first kappa shape index (κ1) is 16.5. The quantitative estimate of drug-likeness (QED) is 0.921. The molecule has 1 aliphatic heterocycles. The van der Waals surface area contributed by atoms with Crippen LogP contribution in [0.25, 0.3) is 0 Å². The molecule has 0 aromatic carbocycles. The molecule has 0 amide bonds. The minimum atomic E-state index is -3.53. The average Bonchev–Trinajstić information content (AvgIpc) is 2.40. The number of aromatic nitrogens is 1. The van der Waals surface area contributed by atoms with Crippen LogP contribution in [0.2, 0.25) is 5.02 Å². The van der Waals surface area contributed by atoms with Gasteiger partial charge in [0.1, 0.15) is 10.7 Å². The lowest BCUT2D eigenvalue weighted by molar-refractivity contribution is 0.220. The molecule has 0 spiro atoms. The summed E-state index contributed by atoms with van der Waals surface area (Å²) in [6.45, 7) is 7.27. The number of hydrogen-bond acceptors (Lipinski definition) is 4. The summed E-state index contributed by atoms with van der Waals surface area (Å²) in [4.78, 5) is 4.28. The van der Waals surface area contributed by atoms with E-state index in [0.717, 1.165) is 12.8 Å². The highest BCUT2D eigenvalue weighted by atomic mass is 35.5. The Kier molecular flexibility index (Phi) is 5.11. The van der Waals surface area contributed by atoms with Gasteiger partial charge in [-0.25, -0.2) is 13.4 Å². The van der Waals surface area contributed by atoms with Gasteiger partial charge in [-0.15, -0.1) is 0 Å². The van der Waals surface area contributed by atoms with Crippen LogP contribution in [0.4, 0.5) is 5.82 Å². The number of pyridine rings is 1. The number of rotatable bonds is 4. The third-order valence-electron chi connectivity index (χ3n) is 3.84. The maximum Gasteiger partial charge on any atom is 0.244 e. The molecule has 0 bridgehead atoms. The van der Waals surface area contributed by atoms with E-state index < -0.39 is 10.0 Å². The predicted octanol–water partition coefficient (Wildman–Crippen LogP) is 2.98. The molecule has 1 saturated heterocycles. The molecule has 7 heteroatoms. The maximum absolute atomic E-state index is 12.7. The molecule has 2 unspecified atom stereocenters. The normalized spacial score (nSPS) is 24.0. The van der Waals surface area contributed by atoms with E-state index in [9.17, 15) is 8.42 Å². The smallest absolute Gasteiger partial charge is 0.244 e. The van der Waals surface area contributed by atoms with Gasteiger partial charge >= 0.3 is 0 Å². The van der Waals surface area contributed by atoms with E-state index in [1.165, 1.54) is 12.3 Å². The van der Waals surface area contributed by atoms with Gasteiger partial charge in [-0.05, 0) is 38.7 Å². The molecule has 1 aromatic heterocycles. The summed E-state index contributed by atoms with van der Waals surface area (Å²) < 4.78 is 27.0. The zero-order valence-electron chi connectivity index (χ0n) is 12.6. The summed E-state index contributed by atoms with van der Waals surface area (Å²) in [5.41, 5.74) is 0. The number of piperidine rings is 1. The number of anilines is 1. The highest BCUT2D eigenvalue weighted by Crippen LogP contribution is 2.30. The number of halogens is 1. The second-order valence-corrected chi connectivity index (χ2v) is 7.92. The number of nitrogens with one attached hydrogen (secondary N) is 1. The highest BCUT2D eigenvalue weighted by molar-refractivity contribution is 7.89. The fourth-order valence-electron chi connectivity index (χ4n) is 2.74. The summed E-state index contributed by atoms with van der Waals surface area (Å²) in [6.07, 6.45) is 3.15.